The van der Waals surface area contributed by atoms with E-state index in [0.717, 1.165) is 5.82 Å². The van der Waals surface area contributed by atoms with Crippen LogP contribution in [0.25, 0.3) is 0 Å². The van der Waals surface area contributed by atoms with Gasteiger partial charge in [-0.25, -0.2) is 4.68 Å². The predicted molar refractivity (Wildman–Crippen MR) is 82.9 cm³/mol. The van der Waals surface area contributed by atoms with Crippen LogP contribution in [0.2, 0.25) is 0 Å². The fourth-order valence-electron chi connectivity index (χ4n) is 4.06. The zero-order chi connectivity index (χ0) is 14.7. The van der Waals surface area contributed by atoms with Crippen molar-refractivity contribution >= 4 is 0 Å². The highest BCUT2D eigenvalue weighted by molar-refractivity contribution is 4.98. The molecule has 0 aromatic carbocycles. The Labute approximate surface area is 128 Å². The van der Waals surface area contributed by atoms with Gasteiger partial charge in [0.05, 0.1) is 12.1 Å². The van der Waals surface area contributed by atoms with Crippen LogP contribution in [0, 0.1) is 5.92 Å². The molecule has 2 fully saturated rings. The minimum atomic E-state index is 0.377. The molecule has 0 spiro atoms. The van der Waals surface area contributed by atoms with Crippen molar-refractivity contribution in [1.29, 1.82) is 0 Å². The minimum absolute atomic E-state index is 0.377. The second-order valence-electron chi connectivity index (χ2n) is 7.06. The number of rotatable bonds is 4. The van der Waals surface area contributed by atoms with Gasteiger partial charge in [-0.05, 0) is 55.1 Å². The number of hydrogen-bond donors (Lipinski definition) is 0. The molecule has 2 aliphatic rings. The van der Waals surface area contributed by atoms with Crippen LogP contribution in [0.3, 0.4) is 0 Å². The first-order chi connectivity index (χ1) is 10.3. The fourth-order valence-corrected chi connectivity index (χ4v) is 4.06. The van der Waals surface area contributed by atoms with Crippen molar-refractivity contribution in [2.75, 3.05) is 13.1 Å². The molecule has 0 radical (unpaired) electrons. The number of nitrogens with zero attached hydrogens (tertiary/aromatic N) is 5. The first-order valence-electron chi connectivity index (χ1n) is 8.79. The van der Waals surface area contributed by atoms with Gasteiger partial charge in [0.2, 0.25) is 0 Å². The molecule has 0 bridgehead atoms. The summed E-state index contributed by atoms with van der Waals surface area (Å²) in [5, 5.41) is 12.8. The summed E-state index contributed by atoms with van der Waals surface area (Å²) in [5.41, 5.74) is 0. The number of tetrazole rings is 1. The Hall–Kier alpha value is -0.970. The molecule has 1 saturated carbocycles. The summed E-state index contributed by atoms with van der Waals surface area (Å²) < 4.78 is 2.17. The molecule has 5 heteroatoms. The largest absolute Gasteiger partial charge is 0.293 e. The lowest BCUT2D eigenvalue weighted by Crippen LogP contribution is -2.38. The molecule has 0 amide bonds. The molecule has 1 saturated heterocycles. The van der Waals surface area contributed by atoms with E-state index in [1.54, 1.807) is 0 Å². The first-order valence-corrected chi connectivity index (χ1v) is 8.79. The van der Waals surface area contributed by atoms with Gasteiger partial charge in [0.25, 0.3) is 0 Å². The Kier molecular flexibility index (Phi) is 4.88. The van der Waals surface area contributed by atoms with Crippen LogP contribution in [0.4, 0.5) is 0 Å². The molecule has 0 N–H and O–H groups in total. The van der Waals surface area contributed by atoms with Gasteiger partial charge >= 0.3 is 0 Å². The zero-order valence-electron chi connectivity index (χ0n) is 13.5. The normalized spacial score (nSPS) is 23.6. The molecular weight excluding hydrogens is 262 g/mol. The van der Waals surface area contributed by atoms with E-state index in [9.17, 15) is 0 Å². The third-order valence-electron chi connectivity index (χ3n) is 5.12. The fraction of sp³-hybridized carbons (Fsp3) is 0.938. The van der Waals surface area contributed by atoms with Crippen LogP contribution >= 0.6 is 0 Å². The van der Waals surface area contributed by atoms with Crippen LogP contribution in [0.1, 0.15) is 83.1 Å². The highest BCUT2D eigenvalue weighted by atomic mass is 15.6. The van der Waals surface area contributed by atoms with Crippen molar-refractivity contribution in [3.8, 4) is 0 Å². The zero-order valence-corrected chi connectivity index (χ0v) is 13.5. The van der Waals surface area contributed by atoms with Crippen molar-refractivity contribution in [3.05, 3.63) is 5.82 Å². The molecule has 5 nitrogen and oxygen atoms in total. The number of hydrogen-bond acceptors (Lipinski definition) is 4. The summed E-state index contributed by atoms with van der Waals surface area (Å²) in [7, 11) is 0. The smallest absolute Gasteiger partial charge is 0.168 e. The first kappa shape index (κ1) is 14.9. The van der Waals surface area contributed by atoms with Crippen LogP contribution < -0.4 is 0 Å². The van der Waals surface area contributed by atoms with Gasteiger partial charge < -0.3 is 0 Å². The van der Waals surface area contributed by atoms with E-state index in [0.29, 0.717) is 18.0 Å². The quantitative estimate of drug-likeness (QED) is 0.853. The van der Waals surface area contributed by atoms with E-state index in [1.807, 2.05) is 0 Å². The third-order valence-corrected chi connectivity index (χ3v) is 5.12. The lowest BCUT2D eigenvalue weighted by molar-refractivity contribution is 0.114. The molecule has 118 valence electrons. The maximum absolute atomic E-state index is 4.45. The second kappa shape index (κ2) is 6.86. The van der Waals surface area contributed by atoms with E-state index < -0.39 is 0 Å². The van der Waals surface area contributed by atoms with Crippen molar-refractivity contribution < 1.29 is 0 Å². The number of piperidine rings is 1. The van der Waals surface area contributed by atoms with Crippen LogP contribution in [0.15, 0.2) is 0 Å². The molecule has 0 unspecified atom stereocenters. The SMILES string of the molecule is CC(C)[C@@H](c1nnnn1C1CCCCC1)N1CCCCC1. The van der Waals surface area contributed by atoms with Gasteiger partial charge in [-0.1, -0.05) is 39.5 Å². The van der Waals surface area contributed by atoms with Gasteiger partial charge in [0.1, 0.15) is 0 Å². The number of likely N-dealkylation sites (tertiary alicyclic amines) is 1. The Bertz CT molecular complexity index is 430. The molecule has 2 heterocycles. The molecule has 1 atom stereocenters. The van der Waals surface area contributed by atoms with E-state index in [4.69, 9.17) is 0 Å². The maximum atomic E-state index is 4.45. The van der Waals surface area contributed by atoms with E-state index in [-0.39, 0.29) is 0 Å². The van der Waals surface area contributed by atoms with Crippen LogP contribution in [-0.2, 0) is 0 Å². The lowest BCUT2D eigenvalue weighted by atomic mass is 9.94. The van der Waals surface area contributed by atoms with Crippen LogP contribution in [0.5, 0.6) is 0 Å². The summed E-state index contributed by atoms with van der Waals surface area (Å²) in [5.74, 6) is 1.66. The third kappa shape index (κ3) is 3.28. The summed E-state index contributed by atoms with van der Waals surface area (Å²) in [4.78, 5) is 2.61. The lowest BCUT2D eigenvalue weighted by Gasteiger charge is -2.36. The molecule has 3 rings (SSSR count). The van der Waals surface area contributed by atoms with Crippen molar-refractivity contribution in [2.24, 2.45) is 5.92 Å². The monoisotopic (exact) mass is 291 g/mol. The van der Waals surface area contributed by atoms with Gasteiger partial charge in [-0.15, -0.1) is 5.10 Å². The molecule has 21 heavy (non-hydrogen) atoms. The molecule has 1 aliphatic heterocycles. The molecule has 1 aromatic rings. The Morgan fingerprint density at radius 3 is 2.29 bits per heavy atom. The van der Waals surface area contributed by atoms with E-state index >= 15 is 0 Å². The maximum Gasteiger partial charge on any atom is 0.168 e. The van der Waals surface area contributed by atoms with Gasteiger partial charge in [0, 0.05) is 0 Å². The van der Waals surface area contributed by atoms with Gasteiger partial charge in [-0.3, -0.25) is 4.90 Å². The Morgan fingerprint density at radius 1 is 0.952 bits per heavy atom. The molecule has 1 aromatic heterocycles. The highest BCUT2D eigenvalue weighted by Crippen LogP contribution is 2.34. The van der Waals surface area contributed by atoms with Crippen LogP contribution in [-0.4, -0.2) is 38.2 Å². The second-order valence-corrected chi connectivity index (χ2v) is 7.06. The number of aromatic nitrogens is 4. The van der Waals surface area contributed by atoms with E-state index in [2.05, 4.69) is 39.0 Å². The highest BCUT2D eigenvalue weighted by Gasteiger charge is 2.31. The summed E-state index contributed by atoms with van der Waals surface area (Å²) in [6, 6.07) is 0.900. The van der Waals surface area contributed by atoms with Crippen molar-refractivity contribution in [3.63, 3.8) is 0 Å². The molecular formula is C16H29N5. The topological polar surface area (TPSA) is 46.8 Å². The average Bonchev–Trinajstić information content (AvgIpc) is 2.98. The average molecular weight is 291 g/mol. The summed E-state index contributed by atoms with van der Waals surface area (Å²) >= 11 is 0. The summed E-state index contributed by atoms with van der Waals surface area (Å²) in [6.45, 7) is 7.00. The van der Waals surface area contributed by atoms with Gasteiger partial charge in [-0.2, -0.15) is 0 Å². The minimum Gasteiger partial charge on any atom is -0.293 e. The molecule has 1 aliphatic carbocycles. The summed E-state index contributed by atoms with van der Waals surface area (Å²) in [6.07, 6.45) is 10.5. The standard InChI is InChI=1S/C16H29N5/c1-13(2)15(20-11-7-4-8-12-20)16-17-18-19-21(16)14-9-5-3-6-10-14/h13-15H,3-12H2,1-2H3/t15-/m0/s1. The van der Waals surface area contributed by atoms with Gasteiger partial charge in [0.15, 0.2) is 5.82 Å². The Morgan fingerprint density at radius 2 is 1.62 bits per heavy atom. The van der Waals surface area contributed by atoms with Crippen molar-refractivity contribution in [2.45, 2.75) is 77.3 Å². The van der Waals surface area contributed by atoms with E-state index in [1.165, 1.54) is 64.5 Å². The van der Waals surface area contributed by atoms with Crippen molar-refractivity contribution in [1.82, 2.24) is 25.1 Å². The predicted octanol–water partition coefficient (Wildman–Crippen LogP) is 3.36. The Balaban J connectivity index is 1.83.